The fraction of sp³-hybridized carbons (Fsp3) is 0.0909. The van der Waals surface area contributed by atoms with E-state index >= 15 is 0 Å². The summed E-state index contributed by atoms with van der Waals surface area (Å²) in [5, 5.41) is 8.67. The molecule has 1 aromatic heterocycles. The van der Waals surface area contributed by atoms with Gasteiger partial charge in [-0.2, -0.15) is 17.5 Å². The summed E-state index contributed by atoms with van der Waals surface area (Å²) in [5.74, 6) is -2.36. The van der Waals surface area contributed by atoms with Crippen LogP contribution in [0.4, 0.5) is 17.6 Å². The topological polar surface area (TPSA) is 50.2 Å². The second-order valence-corrected chi connectivity index (χ2v) is 4.38. The molecular formula is C11H5F4NO2S. The third kappa shape index (κ3) is 2.73. The Morgan fingerprint density at radius 3 is 2.42 bits per heavy atom. The summed E-state index contributed by atoms with van der Waals surface area (Å²) in [4.78, 5) is 10.8. The Bertz CT molecular complexity index is 636. The van der Waals surface area contributed by atoms with Gasteiger partial charge in [0.25, 0.3) is 0 Å². The second kappa shape index (κ2) is 4.61. The van der Waals surface area contributed by atoms with E-state index in [1.807, 2.05) is 0 Å². The Labute approximate surface area is 108 Å². The van der Waals surface area contributed by atoms with Gasteiger partial charge in [-0.25, -0.2) is 9.18 Å². The van der Waals surface area contributed by atoms with Crippen LogP contribution >= 0.6 is 11.5 Å². The van der Waals surface area contributed by atoms with Gasteiger partial charge < -0.3 is 5.11 Å². The van der Waals surface area contributed by atoms with E-state index < -0.39 is 23.5 Å². The van der Waals surface area contributed by atoms with Crippen LogP contribution in [0.5, 0.6) is 0 Å². The smallest absolute Gasteiger partial charge is 0.416 e. The number of nitrogens with zero attached hydrogens (tertiary/aromatic N) is 1. The summed E-state index contributed by atoms with van der Waals surface area (Å²) in [5.41, 5.74) is -1.49. The Balaban J connectivity index is 2.43. The predicted molar refractivity (Wildman–Crippen MR) is 59.5 cm³/mol. The van der Waals surface area contributed by atoms with E-state index in [0.29, 0.717) is 17.6 Å². The van der Waals surface area contributed by atoms with E-state index in [0.717, 1.165) is 18.2 Å². The van der Waals surface area contributed by atoms with Gasteiger partial charge in [-0.1, -0.05) is 0 Å². The van der Waals surface area contributed by atoms with E-state index in [4.69, 9.17) is 5.11 Å². The summed E-state index contributed by atoms with van der Waals surface area (Å²) in [6.07, 6.45) is -4.63. The maximum absolute atomic E-state index is 13.6. The molecule has 0 amide bonds. The highest BCUT2D eigenvalue weighted by Crippen LogP contribution is 2.34. The van der Waals surface area contributed by atoms with Crippen LogP contribution in [0.1, 0.15) is 16.1 Å². The van der Waals surface area contributed by atoms with Gasteiger partial charge in [0.1, 0.15) is 5.82 Å². The maximum Gasteiger partial charge on any atom is 0.416 e. The molecule has 100 valence electrons. The first-order valence-corrected chi connectivity index (χ1v) is 5.63. The van der Waals surface area contributed by atoms with Crippen molar-refractivity contribution in [2.24, 2.45) is 0 Å². The summed E-state index contributed by atoms with van der Waals surface area (Å²) in [6.45, 7) is 0. The molecule has 0 saturated heterocycles. The highest BCUT2D eigenvalue weighted by Gasteiger charge is 2.31. The van der Waals surface area contributed by atoms with E-state index in [-0.39, 0.29) is 16.1 Å². The van der Waals surface area contributed by atoms with Gasteiger partial charge in [0.15, 0.2) is 5.69 Å². The molecule has 2 rings (SSSR count). The SMILES string of the molecule is O=C(O)c1cc(-c2ccc(C(F)(F)F)cc2F)sn1. The van der Waals surface area contributed by atoms with Crippen LogP contribution in [0, 0.1) is 5.82 Å². The molecule has 1 N–H and O–H groups in total. The summed E-state index contributed by atoms with van der Waals surface area (Å²) in [6, 6.07) is 3.17. The fourth-order valence-corrected chi connectivity index (χ4v) is 2.15. The first kappa shape index (κ1) is 13.5. The monoisotopic (exact) mass is 291 g/mol. The molecule has 0 saturated carbocycles. The average molecular weight is 291 g/mol. The molecule has 0 fully saturated rings. The van der Waals surface area contributed by atoms with E-state index in [1.165, 1.54) is 0 Å². The number of carboxylic acids is 1. The molecule has 19 heavy (non-hydrogen) atoms. The molecule has 0 bridgehead atoms. The van der Waals surface area contributed by atoms with Gasteiger partial charge in [0, 0.05) is 5.56 Å². The molecule has 0 radical (unpaired) electrons. The molecule has 8 heteroatoms. The van der Waals surface area contributed by atoms with Gasteiger partial charge in [-0.15, -0.1) is 0 Å². The lowest BCUT2D eigenvalue weighted by Gasteiger charge is -2.07. The standard InChI is InChI=1S/C11H5F4NO2S/c12-7-3-5(11(13,14)15)1-2-6(7)9-4-8(10(17)18)16-19-9/h1-4H,(H,17,18). The molecule has 3 nitrogen and oxygen atoms in total. The van der Waals surface area contributed by atoms with Crippen molar-refractivity contribution in [3.63, 3.8) is 0 Å². The normalized spacial score (nSPS) is 11.6. The minimum absolute atomic E-state index is 0.113. The van der Waals surface area contributed by atoms with Crippen LogP contribution in [0.3, 0.4) is 0 Å². The molecule has 2 aromatic rings. The average Bonchev–Trinajstić information content (AvgIpc) is 2.76. The van der Waals surface area contributed by atoms with Crippen molar-refractivity contribution >= 4 is 17.5 Å². The summed E-state index contributed by atoms with van der Waals surface area (Å²) in [7, 11) is 0. The highest BCUT2D eigenvalue weighted by molar-refractivity contribution is 7.09. The number of benzene rings is 1. The van der Waals surface area contributed by atoms with Crippen LogP contribution in [0.2, 0.25) is 0 Å². The number of hydrogen-bond donors (Lipinski definition) is 1. The number of alkyl halides is 3. The fourth-order valence-electron chi connectivity index (χ4n) is 1.39. The Morgan fingerprint density at radius 1 is 1.26 bits per heavy atom. The number of rotatable bonds is 2. The van der Waals surface area contributed by atoms with Gasteiger partial charge in [-0.3, -0.25) is 0 Å². The number of carboxylic acid groups (broad SMARTS) is 1. The van der Waals surface area contributed by atoms with Gasteiger partial charge in [0.05, 0.1) is 10.4 Å². The molecule has 0 aliphatic rings. The molecule has 0 spiro atoms. The summed E-state index contributed by atoms with van der Waals surface area (Å²) >= 11 is 0.706. The van der Waals surface area contributed by atoms with Crippen LogP contribution < -0.4 is 0 Å². The Hall–Kier alpha value is -1.96. The minimum atomic E-state index is -4.63. The van der Waals surface area contributed by atoms with Crippen molar-refractivity contribution in [2.75, 3.05) is 0 Å². The van der Waals surface area contributed by atoms with Crippen molar-refractivity contribution in [3.05, 3.63) is 41.3 Å². The van der Waals surface area contributed by atoms with E-state index in [9.17, 15) is 22.4 Å². The number of aromatic carboxylic acids is 1. The number of carbonyl (C=O) groups is 1. The third-order valence-electron chi connectivity index (χ3n) is 2.29. The van der Waals surface area contributed by atoms with Gasteiger partial charge in [-0.05, 0) is 35.8 Å². The van der Waals surface area contributed by atoms with Crippen molar-refractivity contribution in [1.29, 1.82) is 0 Å². The number of hydrogen-bond acceptors (Lipinski definition) is 3. The van der Waals surface area contributed by atoms with Crippen LogP contribution in [-0.2, 0) is 6.18 Å². The number of halogens is 4. The van der Waals surface area contributed by atoms with Gasteiger partial charge >= 0.3 is 12.1 Å². The molecule has 0 atom stereocenters. The van der Waals surface area contributed by atoms with E-state index in [2.05, 4.69) is 4.37 Å². The first-order valence-electron chi connectivity index (χ1n) is 4.86. The third-order valence-corrected chi connectivity index (χ3v) is 3.11. The van der Waals surface area contributed by atoms with Gasteiger partial charge in [0.2, 0.25) is 0 Å². The zero-order valence-corrected chi connectivity index (χ0v) is 9.85. The van der Waals surface area contributed by atoms with Crippen molar-refractivity contribution < 1.29 is 27.5 Å². The van der Waals surface area contributed by atoms with E-state index in [1.54, 1.807) is 0 Å². The van der Waals surface area contributed by atoms with Crippen molar-refractivity contribution in [2.45, 2.75) is 6.18 Å². The maximum atomic E-state index is 13.6. The minimum Gasteiger partial charge on any atom is -0.476 e. The van der Waals surface area contributed by atoms with Crippen LogP contribution in [0.25, 0.3) is 10.4 Å². The number of aromatic nitrogens is 1. The zero-order valence-electron chi connectivity index (χ0n) is 9.03. The van der Waals surface area contributed by atoms with Crippen LogP contribution in [0.15, 0.2) is 24.3 Å². The predicted octanol–water partition coefficient (Wildman–Crippen LogP) is 3.67. The lowest BCUT2D eigenvalue weighted by atomic mass is 10.1. The zero-order chi connectivity index (χ0) is 14.2. The second-order valence-electron chi connectivity index (χ2n) is 3.57. The largest absolute Gasteiger partial charge is 0.476 e. The molecule has 1 aromatic carbocycles. The lowest BCUT2D eigenvalue weighted by molar-refractivity contribution is -0.137. The lowest BCUT2D eigenvalue weighted by Crippen LogP contribution is -2.05. The van der Waals surface area contributed by atoms with Crippen molar-refractivity contribution in [3.8, 4) is 10.4 Å². The Kier molecular flexibility index (Phi) is 3.27. The molecule has 0 aliphatic carbocycles. The molecular weight excluding hydrogens is 286 g/mol. The summed E-state index contributed by atoms with van der Waals surface area (Å²) < 4.78 is 54.2. The highest BCUT2D eigenvalue weighted by atomic mass is 32.1. The van der Waals surface area contributed by atoms with Crippen LogP contribution in [-0.4, -0.2) is 15.4 Å². The molecule has 0 unspecified atom stereocenters. The van der Waals surface area contributed by atoms with Crippen molar-refractivity contribution in [1.82, 2.24) is 4.37 Å². The molecule has 1 heterocycles. The molecule has 0 aliphatic heterocycles. The quantitative estimate of drug-likeness (QED) is 0.859. The Morgan fingerprint density at radius 2 is 1.95 bits per heavy atom. The first-order chi connectivity index (χ1) is 8.79.